The van der Waals surface area contributed by atoms with Gasteiger partial charge >= 0.3 is 23.9 Å². The molecule has 1 unspecified atom stereocenters. The Bertz CT molecular complexity index is 649. The monoisotopic (exact) mass is 466 g/mol. The average Bonchev–Trinajstić information content (AvgIpc) is 2.72. The lowest BCUT2D eigenvalue weighted by Crippen LogP contribution is -2.64. The standard InChI is InChI=1S/C21H27F9O/c1-2-3-4-14-5-7-15(8-6-14)16-9-11-17(12-10-16)31-21(29,30)20(27,28)19(25,26)18(23,24)13-22/h9-11,14-15,17H,2-8,12-13H2,1H3/t14-,15-,17?. The Morgan fingerprint density at radius 3 is 2.03 bits per heavy atom. The summed E-state index contributed by atoms with van der Waals surface area (Å²) in [6.07, 6.45) is 3.32. The molecule has 2 aliphatic carbocycles. The predicted octanol–water partition coefficient (Wildman–Crippen LogP) is 7.72. The molecule has 1 fully saturated rings. The molecule has 10 heteroatoms. The number of allylic oxidation sites excluding steroid dienone is 2. The normalized spacial score (nSPS) is 26.1. The number of hydrogen-bond donors (Lipinski definition) is 0. The Kier molecular flexibility index (Phi) is 8.20. The molecule has 2 aliphatic rings. The van der Waals surface area contributed by atoms with E-state index in [9.17, 15) is 39.5 Å². The first-order valence-electron chi connectivity index (χ1n) is 10.4. The van der Waals surface area contributed by atoms with Crippen LogP contribution in [0, 0.1) is 11.8 Å². The van der Waals surface area contributed by atoms with Crippen LogP contribution in [0.2, 0.25) is 0 Å². The maximum absolute atomic E-state index is 13.8. The molecule has 2 rings (SSSR count). The molecular formula is C21H27F9O. The van der Waals surface area contributed by atoms with Crippen LogP contribution < -0.4 is 0 Å². The Hall–Kier alpha value is -1.19. The second-order valence-electron chi connectivity index (χ2n) is 8.32. The van der Waals surface area contributed by atoms with E-state index in [1.807, 2.05) is 0 Å². The molecule has 0 aliphatic heterocycles. The third-order valence-corrected chi connectivity index (χ3v) is 6.06. The SMILES string of the molecule is CCCC[C@H]1CC[C@H](C2=CCC(OC(F)(F)C(F)(F)C(F)(F)C(F)(F)CF)C=C2)CC1. The summed E-state index contributed by atoms with van der Waals surface area (Å²) in [5, 5.41) is 0. The molecule has 1 atom stereocenters. The summed E-state index contributed by atoms with van der Waals surface area (Å²) in [6, 6.07) is 0. The smallest absolute Gasteiger partial charge is 0.308 e. The highest BCUT2D eigenvalue weighted by atomic mass is 19.4. The zero-order chi connectivity index (χ0) is 23.5. The molecule has 1 nitrogen and oxygen atoms in total. The molecule has 0 aromatic rings. The van der Waals surface area contributed by atoms with Gasteiger partial charge < -0.3 is 4.74 Å². The predicted molar refractivity (Wildman–Crippen MR) is 97.4 cm³/mol. The van der Waals surface area contributed by atoms with E-state index >= 15 is 0 Å². The summed E-state index contributed by atoms with van der Waals surface area (Å²) in [5.41, 5.74) is 0.832. The third kappa shape index (κ3) is 5.42. The van der Waals surface area contributed by atoms with E-state index in [-0.39, 0.29) is 12.3 Å². The van der Waals surface area contributed by atoms with Gasteiger partial charge in [0.1, 0.15) is 0 Å². The number of alkyl halides is 9. The second-order valence-corrected chi connectivity index (χ2v) is 8.32. The molecule has 31 heavy (non-hydrogen) atoms. The van der Waals surface area contributed by atoms with Gasteiger partial charge in [0.15, 0.2) is 6.67 Å². The maximum Gasteiger partial charge on any atom is 0.426 e. The number of rotatable bonds is 10. The van der Waals surface area contributed by atoms with Crippen molar-refractivity contribution < 1.29 is 44.3 Å². The minimum atomic E-state index is -6.64. The summed E-state index contributed by atoms with van der Waals surface area (Å²) in [4.78, 5) is 0. The quantitative estimate of drug-likeness (QED) is 0.300. The van der Waals surface area contributed by atoms with Crippen molar-refractivity contribution in [1.29, 1.82) is 0 Å². The molecule has 0 aromatic carbocycles. The molecule has 0 saturated heterocycles. The van der Waals surface area contributed by atoms with Crippen LogP contribution in [0.15, 0.2) is 23.8 Å². The van der Waals surface area contributed by atoms with Crippen molar-refractivity contribution in [3.05, 3.63) is 23.8 Å². The Morgan fingerprint density at radius 1 is 0.935 bits per heavy atom. The summed E-state index contributed by atoms with van der Waals surface area (Å²) in [6.45, 7) is -1.10. The van der Waals surface area contributed by atoms with Gasteiger partial charge in [-0.05, 0) is 49.5 Å². The topological polar surface area (TPSA) is 9.23 Å². The van der Waals surface area contributed by atoms with Crippen molar-refractivity contribution in [3.8, 4) is 0 Å². The molecule has 0 spiro atoms. The highest BCUT2D eigenvalue weighted by Gasteiger charge is 2.81. The van der Waals surface area contributed by atoms with Crippen molar-refractivity contribution in [2.75, 3.05) is 6.67 Å². The van der Waals surface area contributed by atoms with Gasteiger partial charge in [0.2, 0.25) is 0 Å². The first-order chi connectivity index (χ1) is 14.3. The number of unbranched alkanes of at least 4 members (excludes halogenated alkanes) is 1. The molecule has 0 amide bonds. The van der Waals surface area contributed by atoms with E-state index in [4.69, 9.17) is 0 Å². The van der Waals surface area contributed by atoms with Crippen molar-refractivity contribution in [1.82, 2.24) is 0 Å². The van der Waals surface area contributed by atoms with Gasteiger partial charge in [-0.3, -0.25) is 0 Å². The molecule has 0 radical (unpaired) electrons. The first-order valence-corrected chi connectivity index (χ1v) is 10.4. The fraction of sp³-hybridized carbons (Fsp3) is 0.810. The van der Waals surface area contributed by atoms with Crippen LogP contribution in [0.4, 0.5) is 39.5 Å². The number of hydrogen-bond acceptors (Lipinski definition) is 1. The van der Waals surface area contributed by atoms with Crippen molar-refractivity contribution in [2.24, 2.45) is 11.8 Å². The lowest BCUT2D eigenvalue weighted by Gasteiger charge is -2.36. The number of ether oxygens (including phenoxy) is 1. The van der Waals surface area contributed by atoms with Crippen molar-refractivity contribution >= 4 is 0 Å². The van der Waals surface area contributed by atoms with E-state index in [1.54, 1.807) is 0 Å². The summed E-state index contributed by atoms with van der Waals surface area (Å²) < 4.78 is 123. The Labute approximate surface area is 175 Å². The second kappa shape index (κ2) is 9.75. The van der Waals surface area contributed by atoms with Crippen LogP contribution in [0.5, 0.6) is 0 Å². The van der Waals surface area contributed by atoms with Crippen molar-refractivity contribution in [2.45, 2.75) is 88.3 Å². The van der Waals surface area contributed by atoms with E-state index in [1.165, 1.54) is 12.2 Å². The summed E-state index contributed by atoms with van der Waals surface area (Å²) in [7, 11) is 0. The number of halogens is 9. The van der Waals surface area contributed by atoms with Gasteiger partial charge in [0.05, 0.1) is 6.10 Å². The Balaban J connectivity index is 1.97. The molecule has 0 aromatic heterocycles. The minimum absolute atomic E-state index is 0.185. The minimum Gasteiger partial charge on any atom is -0.308 e. The fourth-order valence-corrected chi connectivity index (χ4v) is 4.05. The van der Waals surface area contributed by atoms with Crippen LogP contribution in [0.3, 0.4) is 0 Å². The van der Waals surface area contributed by atoms with Gasteiger partial charge in [-0.15, -0.1) is 0 Å². The van der Waals surface area contributed by atoms with Gasteiger partial charge in [0.25, 0.3) is 0 Å². The van der Waals surface area contributed by atoms with Gasteiger partial charge in [-0.2, -0.15) is 35.1 Å². The van der Waals surface area contributed by atoms with Gasteiger partial charge in [-0.25, -0.2) is 4.39 Å². The van der Waals surface area contributed by atoms with Crippen LogP contribution >= 0.6 is 0 Å². The third-order valence-electron chi connectivity index (χ3n) is 6.06. The Morgan fingerprint density at radius 2 is 1.55 bits per heavy atom. The maximum atomic E-state index is 13.8. The molecule has 180 valence electrons. The highest BCUT2D eigenvalue weighted by molar-refractivity contribution is 5.27. The van der Waals surface area contributed by atoms with E-state index in [0.29, 0.717) is 5.92 Å². The van der Waals surface area contributed by atoms with Gasteiger partial charge in [-0.1, -0.05) is 44.4 Å². The molecule has 0 heterocycles. The zero-order valence-electron chi connectivity index (χ0n) is 17.1. The lowest BCUT2D eigenvalue weighted by atomic mass is 9.76. The first kappa shape index (κ1) is 26.1. The van der Waals surface area contributed by atoms with Crippen LogP contribution in [0.1, 0.15) is 58.3 Å². The van der Waals surface area contributed by atoms with E-state index in [0.717, 1.165) is 56.6 Å². The highest BCUT2D eigenvalue weighted by Crippen LogP contribution is 2.53. The zero-order valence-corrected chi connectivity index (χ0v) is 17.1. The summed E-state index contributed by atoms with van der Waals surface area (Å²) >= 11 is 0. The fourth-order valence-electron chi connectivity index (χ4n) is 4.05. The van der Waals surface area contributed by atoms with E-state index < -0.39 is 36.7 Å². The van der Waals surface area contributed by atoms with E-state index in [2.05, 4.69) is 11.7 Å². The van der Waals surface area contributed by atoms with Crippen LogP contribution in [-0.2, 0) is 4.74 Å². The lowest BCUT2D eigenvalue weighted by molar-refractivity contribution is -0.432. The molecule has 0 N–H and O–H groups in total. The molecule has 1 saturated carbocycles. The summed E-state index contributed by atoms with van der Waals surface area (Å²) in [5.74, 6) is -18.4. The van der Waals surface area contributed by atoms with Crippen LogP contribution in [-0.4, -0.2) is 36.7 Å². The molecular weight excluding hydrogens is 439 g/mol. The largest absolute Gasteiger partial charge is 0.426 e. The van der Waals surface area contributed by atoms with Crippen LogP contribution in [0.25, 0.3) is 0 Å². The van der Waals surface area contributed by atoms with Crippen molar-refractivity contribution in [3.63, 3.8) is 0 Å². The average molecular weight is 466 g/mol. The molecule has 0 bridgehead atoms. The van der Waals surface area contributed by atoms with Gasteiger partial charge in [0, 0.05) is 0 Å².